The fourth-order valence-corrected chi connectivity index (χ4v) is 3.62. The van der Waals surface area contributed by atoms with Gasteiger partial charge in [0.2, 0.25) is 5.91 Å². The second kappa shape index (κ2) is 7.08. The first-order chi connectivity index (χ1) is 10.3. The molecular weight excluding hydrogens is 260 g/mol. The van der Waals surface area contributed by atoms with Crippen LogP contribution in [0.4, 0.5) is 0 Å². The maximum absolute atomic E-state index is 12.6. The van der Waals surface area contributed by atoms with Crippen molar-refractivity contribution in [1.29, 1.82) is 0 Å². The molecule has 0 radical (unpaired) electrons. The molecule has 2 heterocycles. The Hall–Kier alpha value is -1.35. The standard InChI is InChI=1S/C18H26N2O/c21-18(17-9-5-2-6-12-19-17)20-13-10-16(11-14-20)15-7-3-1-4-8-15/h1,3-4,7-8,16-17,19H,2,5-6,9-14H2. The molecule has 0 aliphatic carbocycles. The molecule has 1 aromatic carbocycles. The summed E-state index contributed by atoms with van der Waals surface area (Å²) in [6, 6.07) is 10.8. The molecule has 1 aromatic rings. The van der Waals surface area contributed by atoms with Crippen molar-refractivity contribution >= 4 is 5.91 Å². The summed E-state index contributed by atoms with van der Waals surface area (Å²) in [6.07, 6.45) is 6.86. The quantitative estimate of drug-likeness (QED) is 0.906. The highest BCUT2D eigenvalue weighted by molar-refractivity contribution is 5.82. The van der Waals surface area contributed by atoms with Crippen LogP contribution < -0.4 is 5.32 Å². The van der Waals surface area contributed by atoms with Gasteiger partial charge in [-0.05, 0) is 43.7 Å². The van der Waals surface area contributed by atoms with E-state index in [1.54, 1.807) is 0 Å². The Morgan fingerprint density at radius 1 is 1.00 bits per heavy atom. The lowest BCUT2D eigenvalue weighted by atomic mass is 9.89. The average Bonchev–Trinajstić information content (AvgIpc) is 2.84. The van der Waals surface area contributed by atoms with Gasteiger partial charge in [-0.3, -0.25) is 4.79 Å². The minimum absolute atomic E-state index is 0.0702. The van der Waals surface area contributed by atoms with Gasteiger partial charge in [0.25, 0.3) is 0 Å². The van der Waals surface area contributed by atoms with Crippen molar-refractivity contribution < 1.29 is 4.79 Å². The first-order valence-electron chi connectivity index (χ1n) is 8.42. The molecule has 3 rings (SSSR count). The molecule has 2 fully saturated rings. The van der Waals surface area contributed by atoms with Crippen molar-refractivity contribution in [2.45, 2.75) is 50.5 Å². The third-order valence-corrected chi connectivity index (χ3v) is 4.94. The summed E-state index contributed by atoms with van der Waals surface area (Å²) in [6.45, 7) is 2.82. The average molecular weight is 286 g/mol. The normalized spacial score (nSPS) is 24.6. The first-order valence-corrected chi connectivity index (χ1v) is 8.42. The number of carbonyl (C=O) groups excluding carboxylic acids is 1. The van der Waals surface area contributed by atoms with E-state index >= 15 is 0 Å². The van der Waals surface area contributed by atoms with Crippen LogP contribution in [0.5, 0.6) is 0 Å². The number of hydrogen-bond donors (Lipinski definition) is 1. The molecule has 0 aromatic heterocycles. The molecule has 0 saturated carbocycles. The van der Waals surface area contributed by atoms with Crippen LogP contribution in [-0.4, -0.2) is 36.5 Å². The Balaban J connectivity index is 1.54. The highest BCUT2D eigenvalue weighted by atomic mass is 16.2. The van der Waals surface area contributed by atoms with Crippen molar-refractivity contribution in [3.63, 3.8) is 0 Å². The maximum Gasteiger partial charge on any atom is 0.239 e. The minimum Gasteiger partial charge on any atom is -0.341 e. The Kier molecular flexibility index (Phi) is 4.91. The van der Waals surface area contributed by atoms with E-state index < -0.39 is 0 Å². The summed E-state index contributed by atoms with van der Waals surface area (Å²) < 4.78 is 0. The Bertz CT molecular complexity index is 444. The first kappa shape index (κ1) is 14.6. The largest absolute Gasteiger partial charge is 0.341 e. The van der Waals surface area contributed by atoms with Crippen LogP contribution in [0.2, 0.25) is 0 Å². The van der Waals surface area contributed by atoms with E-state index in [0.717, 1.165) is 38.9 Å². The summed E-state index contributed by atoms with van der Waals surface area (Å²) in [7, 11) is 0. The zero-order valence-corrected chi connectivity index (χ0v) is 12.8. The lowest BCUT2D eigenvalue weighted by Gasteiger charge is -2.34. The van der Waals surface area contributed by atoms with Gasteiger partial charge in [-0.25, -0.2) is 0 Å². The van der Waals surface area contributed by atoms with Crippen molar-refractivity contribution in [3.8, 4) is 0 Å². The van der Waals surface area contributed by atoms with Crippen molar-refractivity contribution in [1.82, 2.24) is 10.2 Å². The van der Waals surface area contributed by atoms with Crippen LogP contribution in [0.15, 0.2) is 30.3 Å². The van der Waals surface area contributed by atoms with Gasteiger partial charge >= 0.3 is 0 Å². The number of likely N-dealkylation sites (tertiary alicyclic amines) is 1. The van der Waals surface area contributed by atoms with Crippen LogP contribution in [-0.2, 0) is 4.79 Å². The number of rotatable bonds is 2. The topological polar surface area (TPSA) is 32.3 Å². The molecule has 1 atom stereocenters. The molecule has 0 bridgehead atoms. The Morgan fingerprint density at radius 2 is 1.76 bits per heavy atom. The summed E-state index contributed by atoms with van der Waals surface area (Å²) in [5.74, 6) is 0.959. The van der Waals surface area contributed by atoms with Crippen LogP contribution in [0.3, 0.4) is 0 Å². The van der Waals surface area contributed by atoms with Gasteiger partial charge in [0.1, 0.15) is 0 Å². The monoisotopic (exact) mass is 286 g/mol. The van der Waals surface area contributed by atoms with Crippen LogP contribution in [0, 0.1) is 0 Å². The van der Waals surface area contributed by atoms with Gasteiger partial charge in [0, 0.05) is 13.1 Å². The number of nitrogens with zero attached hydrogens (tertiary/aromatic N) is 1. The van der Waals surface area contributed by atoms with E-state index in [1.807, 2.05) is 0 Å². The number of hydrogen-bond acceptors (Lipinski definition) is 2. The Morgan fingerprint density at radius 3 is 2.52 bits per heavy atom. The summed E-state index contributed by atoms with van der Waals surface area (Å²) in [5.41, 5.74) is 1.43. The SMILES string of the molecule is O=C(C1CCCCCN1)N1CCC(c2ccccc2)CC1. The third-order valence-electron chi connectivity index (χ3n) is 4.94. The molecule has 1 unspecified atom stereocenters. The van der Waals surface area contributed by atoms with Gasteiger partial charge in [-0.15, -0.1) is 0 Å². The van der Waals surface area contributed by atoms with Crippen molar-refractivity contribution in [3.05, 3.63) is 35.9 Å². The van der Waals surface area contributed by atoms with Gasteiger partial charge in [0.05, 0.1) is 6.04 Å². The predicted molar refractivity (Wildman–Crippen MR) is 85.3 cm³/mol. The highest BCUT2D eigenvalue weighted by Crippen LogP contribution is 2.28. The summed E-state index contributed by atoms with van der Waals surface area (Å²) >= 11 is 0. The molecule has 21 heavy (non-hydrogen) atoms. The molecule has 114 valence electrons. The molecule has 0 spiro atoms. The molecule has 2 aliphatic rings. The second-order valence-corrected chi connectivity index (χ2v) is 6.37. The molecule has 3 nitrogen and oxygen atoms in total. The van der Waals surface area contributed by atoms with Crippen LogP contribution >= 0.6 is 0 Å². The van der Waals surface area contributed by atoms with Gasteiger partial charge in [-0.2, -0.15) is 0 Å². The third kappa shape index (κ3) is 3.65. The zero-order valence-electron chi connectivity index (χ0n) is 12.8. The van der Waals surface area contributed by atoms with Crippen molar-refractivity contribution in [2.75, 3.05) is 19.6 Å². The number of piperidine rings is 1. The van der Waals surface area contributed by atoms with E-state index in [0.29, 0.717) is 11.8 Å². The molecule has 2 saturated heterocycles. The van der Waals surface area contributed by atoms with Crippen molar-refractivity contribution in [2.24, 2.45) is 0 Å². The fourth-order valence-electron chi connectivity index (χ4n) is 3.62. The second-order valence-electron chi connectivity index (χ2n) is 6.37. The molecule has 1 amide bonds. The lowest BCUT2D eigenvalue weighted by molar-refractivity contribution is -0.134. The van der Waals surface area contributed by atoms with Gasteiger partial charge in [-0.1, -0.05) is 43.2 Å². The van der Waals surface area contributed by atoms with E-state index in [4.69, 9.17) is 0 Å². The highest BCUT2D eigenvalue weighted by Gasteiger charge is 2.28. The van der Waals surface area contributed by atoms with Crippen LogP contribution in [0.1, 0.15) is 50.0 Å². The minimum atomic E-state index is 0.0702. The summed E-state index contributed by atoms with van der Waals surface area (Å²) in [5, 5.41) is 3.43. The van der Waals surface area contributed by atoms with E-state index in [-0.39, 0.29) is 6.04 Å². The Labute approximate surface area is 127 Å². The number of carbonyl (C=O) groups is 1. The van der Waals surface area contributed by atoms with Gasteiger partial charge in [0.15, 0.2) is 0 Å². The zero-order chi connectivity index (χ0) is 14.5. The number of benzene rings is 1. The fraction of sp³-hybridized carbons (Fsp3) is 0.611. The molecule has 2 aliphatic heterocycles. The van der Waals surface area contributed by atoms with E-state index in [2.05, 4.69) is 40.5 Å². The smallest absolute Gasteiger partial charge is 0.239 e. The molecular formula is C18H26N2O. The van der Waals surface area contributed by atoms with Gasteiger partial charge < -0.3 is 10.2 Å². The van der Waals surface area contributed by atoms with E-state index in [9.17, 15) is 4.79 Å². The lowest BCUT2D eigenvalue weighted by Crippen LogP contribution is -2.48. The predicted octanol–water partition coefficient (Wildman–Crippen LogP) is 2.92. The maximum atomic E-state index is 12.6. The molecule has 1 N–H and O–H groups in total. The molecule has 3 heteroatoms. The van der Waals surface area contributed by atoms with E-state index in [1.165, 1.54) is 24.8 Å². The number of nitrogens with one attached hydrogen (secondary N) is 1. The summed E-state index contributed by atoms with van der Waals surface area (Å²) in [4.78, 5) is 14.7. The van der Waals surface area contributed by atoms with Crippen LogP contribution in [0.25, 0.3) is 0 Å². The number of amides is 1.